The third-order valence-corrected chi connectivity index (χ3v) is 2.70. The molecule has 3 nitrogen and oxygen atoms in total. The molecular formula is C13H12ClNO2. The van der Waals surface area contributed by atoms with Gasteiger partial charge in [0.1, 0.15) is 11.5 Å². The maximum absolute atomic E-state index is 9.24. The fraction of sp³-hybridized carbons (Fsp3) is 0.154. The van der Waals surface area contributed by atoms with Crippen molar-refractivity contribution in [2.24, 2.45) is 0 Å². The van der Waals surface area contributed by atoms with E-state index < -0.39 is 0 Å². The number of aromatic nitrogens is 1. The molecule has 2 rings (SSSR count). The van der Waals surface area contributed by atoms with E-state index in [1.54, 1.807) is 24.4 Å². The Bertz CT molecular complexity index is 511. The van der Waals surface area contributed by atoms with Crippen LogP contribution in [0.15, 0.2) is 36.5 Å². The maximum atomic E-state index is 9.24. The van der Waals surface area contributed by atoms with E-state index in [1.165, 1.54) is 0 Å². The lowest BCUT2D eigenvalue weighted by Gasteiger charge is -2.10. The number of rotatable bonds is 3. The Morgan fingerprint density at radius 2 is 2.12 bits per heavy atom. The molecule has 4 heteroatoms. The van der Waals surface area contributed by atoms with Crippen molar-refractivity contribution in [2.45, 2.75) is 13.5 Å². The SMILES string of the molecule is Cc1ccc(Oc2cccc(Cl)c2CO)cn1. The van der Waals surface area contributed by atoms with Crippen LogP contribution in [0.25, 0.3) is 0 Å². The van der Waals surface area contributed by atoms with Gasteiger partial charge in [-0.15, -0.1) is 0 Å². The second-order valence-corrected chi connectivity index (χ2v) is 4.02. The van der Waals surface area contributed by atoms with Crippen LogP contribution in [-0.2, 0) is 6.61 Å². The molecule has 0 saturated heterocycles. The Morgan fingerprint density at radius 3 is 2.76 bits per heavy atom. The lowest BCUT2D eigenvalue weighted by Crippen LogP contribution is -1.93. The third-order valence-electron chi connectivity index (χ3n) is 2.35. The molecule has 0 aliphatic heterocycles. The number of nitrogens with zero attached hydrogens (tertiary/aromatic N) is 1. The van der Waals surface area contributed by atoms with Crippen LogP contribution in [0.4, 0.5) is 0 Å². The van der Waals surface area contributed by atoms with Crippen molar-refractivity contribution < 1.29 is 9.84 Å². The summed E-state index contributed by atoms with van der Waals surface area (Å²) in [5.74, 6) is 1.17. The minimum atomic E-state index is -0.158. The van der Waals surface area contributed by atoms with Crippen LogP contribution in [0.5, 0.6) is 11.5 Å². The van der Waals surface area contributed by atoms with Gasteiger partial charge in [0.05, 0.1) is 12.8 Å². The standard InChI is InChI=1S/C13H12ClNO2/c1-9-5-6-10(7-15-9)17-13-4-2-3-12(14)11(13)8-16/h2-7,16H,8H2,1H3. The van der Waals surface area contributed by atoms with Crippen LogP contribution in [0.3, 0.4) is 0 Å². The van der Waals surface area contributed by atoms with E-state index in [-0.39, 0.29) is 6.61 Å². The van der Waals surface area contributed by atoms with Crippen LogP contribution in [0.2, 0.25) is 5.02 Å². The average molecular weight is 250 g/mol. The van der Waals surface area contributed by atoms with Crippen molar-refractivity contribution in [3.63, 3.8) is 0 Å². The molecule has 1 aromatic heterocycles. The van der Waals surface area contributed by atoms with E-state index in [2.05, 4.69) is 4.98 Å². The van der Waals surface area contributed by atoms with Crippen molar-refractivity contribution in [3.8, 4) is 11.5 Å². The largest absolute Gasteiger partial charge is 0.455 e. The van der Waals surface area contributed by atoms with Crippen molar-refractivity contribution in [1.29, 1.82) is 0 Å². The summed E-state index contributed by atoms with van der Waals surface area (Å²) in [7, 11) is 0. The molecule has 0 radical (unpaired) electrons. The Hall–Kier alpha value is -1.58. The molecule has 2 aromatic rings. The summed E-state index contributed by atoms with van der Waals surface area (Å²) >= 11 is 5.97. The number of aryl methyl sites for hydroxylation is 1. The summed E-state index contributed by atoms with van der Waals surface area (Å²) in [6.07, 6.45) is 1.64. The van der Waals surface area contributed by atoms with Gasteiger partial charge < -0.3 is 9.84 Å². The number of aliphatic hydroxyl groups is 1. The zero-order chi connectivity index (χ0) is 12.3. The maximum Gasteiger partial charge on any atom is 0.145 e. The summed E-state index contributed by atoms with van der Waals surface area (Å²) in [6, 6.07) is 8.94. The van der Waals surface area contributed by atoms with Crippen molar-refractivity contribution in [3.05, 3.63) is 52.8 Å². The Morgan fingerprint density at radius 1 is 1.29 bits per heavy atom. The molecule has 0 bridgehead atoms. The van der Waals surface area contributed by atoms with Gasteiger partial charge in [0.25, 0.3) is 0 Å². The van der Waals surface area contributed by atoms with Crippen LogP contribution in [0.1, 0.15) is 11.3 Å². The fourth-order valence-corrected chi connectivity index (χ4v) is 1.66. The predicted molar refractivity (Wildman–Crippen MR) is 66.4 cm³/mol. The highest BCUT2D eigenvalue weighted by Crippen LogP contribution is 2.30. The average Bonchev–Trinajstić information content (AvgIpc) is 2.32. The van der Waals surface area contributed by atoms with Gasteiger partial charge in [-0.25, -0.2) is 0 Å². The van der Waals surface area contributed by atoms with Gasteiger partial charge in [0, 0.05) is 16.3 Å². The van der Waals surface area contributed by atoms with Crippen LogP contribution >= 0.6 is 11.6 Å². The third kappa shape index (κ3) is 2.75. The number of pyridine rings is 1. The van der Waals surface area contributed by atoms with E-state index >= 15 is 0 Å². The summed E-state index contributed by atoms with van der Waals surface area (Å²) in [6.45, 7) is 1.75. The first-order chi connectivity index (χ1) is 8.20. The monoisotopic (exact) mass is 249 g/mol. The molecule has 0 atom stereocenters. The highest BCUT2D eigenvalue weighted by Gasteiger charge is 2.08. The number of ether oxygens (including phenoxy) is 1. The van der Waals surface area contributed by atoms with Crippen molar-refractivity contribution in [2.75, 3.05) is 0 Å². The number of hydrogen-bond donors (Lipinski definition) is 1. The molecule has 0 amide bonds. The highest BCUT2D eigenvalue weighted by atomic mass is 35.5. The second kappa shape index (κ2) is 5.17. The predicted octanol–water partition coefficient (Wildman–Crippen LogP) is 3.33. The van der Waals surface area contributed by atoms with Crippen LogP contribution in [0, 0.1) is 6.92 Å². The molecule has 1 N–H and O–H groups in total. The first kappa shape index (κ1) is 11.9. The summed E-state index contributed by atoms with van der Waals surface area (Å²) in [4.78, 5) is 4.13. The van der Waals surface area contributed by atoms with E-state index in [4.69, 9.17) is 16.3 Å². The van der Waals surface area contributed by atoms with Gasteiger partial charge in [0.2, 0.25) is 0 Å². The molecule has 0 aliphatic carbocycles. The normalized spacial score (nSPS) is 10.3. The van der Waals surface area contributed by atoms with E-state index in [9.17, 15) is 5.11 Å². The van der Waals surface area contributed by atoms with Crippen molar-refractivity contribution >= 4 is 11.6 Å². The smallest absolute Gasteiger partial charge is 0.145 e. The summed E-state index contributed by atoms with van der Waals surface area (Å²) < 4.78 is 5.63. The zero-order valence-corrected chi connectivity index (χ0v) is 10.1. The first-order valence-electron chi connectivity index (χ1n) is 5.19. The van der Waals surface area contributed by atoms with E-state index in [0.29, 0.717) is 22.1 Å². The van der Waals surface area contributed by atoms with Crippen LogP contribution in [-0.4, -0.2) is 10.1 Å². The lowest BCUT2D eigenvalue weighted by atomic mass is 10.2. The number of hydrogen-bond acceptors (Lipinski definition) is 3. The molecule has 0 unspecified atom stereocenters. The molecule has 1 heterocycles. The molecule has 0 fully saturated rings. The number of halogens is 1. The molecule has 0 spiro atoms. The van der Waals surface area contributed by atoms with Gasteiger partial charge in [0.15, 0.2) is 0 Å². The van der Waals surface area contributed by atoms with Gasteiger partial charge in [-0.3, -0.25) is 4.98 Å². The summed E-state index contributed by atoms with van der Waals surface area (Å²) in [5.41, 5.74) is 1.50. The van der Waals surface area contributed by atoms with E-state index in [0.717, 1.165) is 5.69 Å². The van der Waals surface area contributed by atoms with E-state index in [1.807, 2.05) is 19.1 Å². The number of benzene rings is 1. The van der Waals surface area contributed by atoms with Crippen LogP contribution < -0.4 is 4.74 Å². The number of aliphatic hydroxyl groups excluding tert-OH is 1. The summed E-state index contributed by atoms with van der Waals surface area (Å²) in [5, 5.41) is 9.73. The van der Waals surface area contributed by atoms with Gasteiger partial charge in [-0.2, -0.15) is 0 Å². The topological polar surface area (TPSA) is 42.4 Å². The molecular weight excluding hydrogens is 238 g/mol. The highest BCUT2D eigenvalue weighted by molar-refractivity contribution is 6.31. The van der Waals surface area contributed by atoms with Gasteiger partial charge >= 0.3 is 0 Å². The molecule has 88 valence electrons. The van der Waals surface area contributed by atoms with Crippen molar-refractivity contribution in [1.82, 2.24) is 4.98 Å². The van der Waals surface area contributed by atoms with Gasteiger partial charge in [-0.05, 0) is 31.2 Å². The minimum absolute atomic E-state index is 0.158. The molecule has 17 heavy (non-hydrogen) atoms. The Kier molecular flexibility index (Phi) is 3.61. The minimum Gasteiger partial charge on any atom is -0.455 e. The fourth-order valence-electron chi connectivity index (χ4n) is 1.43. The quantitative estimate of drug-likeness (QED) is 0.907. The second-order valence-electron chi connectivity index (χ2n) is 3.61. The Balaban J connectivity index is 2.29. The molecule has 1 aromatic carbocycles. The first-order valence-corrected chi connectivity index (χ1v) is 5.57. The Labute approximate surface area is 105 Å². The van der Waals surface area contributed by atoms with Gasteiger partial charge in [-0.1, -0.05) is 17.7 Å². The molecule has 0 saturated carbocycles. The lowest BCUT2D eigenvalue weighted by molar-refractivity contribution is 0.276. The zero-order valence-electron chi connectivity index (χ0n) is 9.35. The molecule has 0 aliphatic rings.